The Kier molecular flexibility index (Phi) is 7.80. The summed E-state index contributed by atoms with van der Waals surface area (Å²) in [5, 5.41) is 6.65. The fourth-order valence-corrected chi connectivity index (χ4v) is 9.53. The molecule has 0 aliphatic rings. The Labute approximate surface area is 361 Å². The van der Waals surface area contributed by atoms with Crippen LogP contribution >= 0.6 is 0 Å². The van der Waals surface area contributed by atoms with Gasteiger partial charge in [-0.2, -0.15) is 9.97 Å². The molecule has 4 heterocycles. The Bertz CT molecular complexity index is 3900. The molecule has 13 rings (SSSR count). The van der Waals surface area contributed by atoms with E-state index in [0.717, 1.165) is 105 Å². The molecule has 0 aliphatic carbocycles. The maximum absolute atomic E-state index is 6.66. The standard InChI is InChI=1S/C57H35N5O/c1-4-17-36(18-5-1)39-23-16-24-40(33-39)56-58-55(38-21-8-3-9-22-38)59-57(60-56)62-50-29-14-11-26-43(50)46-32-31-45-42-25-10-13-28-49(42)61(52(45)53(46)62)41-34-47(37-19-6-2-7-20-37)54-48(35-41)44-27-12-15-30-51(44)63-54/h1-35H. The minimum atomic E-state index is 0.542. The average molecular weight is 806 g/mol. The van der Waals surface area contributed by atoms with Crippen LogP contribution < -0.4 is 0 Å². The second-order valence-electron chi connectivity index (χ2n) is 16.0. The highest BCUT2D eigenvalue weighted by molar-refractivity contribution is 6.24. The number of aromatic nitrogens is 5. The zero-order valence-corrected chi connectivity index (χ0v) is 33.9. The minimum absolute atomic E-state index is 0.542. The summed E-state index contributed by atoms with van der Waals surface area (Å²) in [6.07, 6.45) is 0. The van der Waals surface area contributed by atoms with Crippen LogP contribution in [0.15, 0.2) is 217 Å². The minimum Gasteiger partial charge on any atom is -0.455 e. The molecule has 0 unspecified atom stereocenters. The number of fused-ring (bicyclic) bond motifs is 10. The molecule has 63 heavy (non-hydrogen) atoms. The lowest BCUT2D eigenvalue weighted by molar-refractivity contribution is 0.670. The molecule has 6 heteroatoms. The van der Waals surface area contributed by atoms with Crippen molar-refractivity contribution in [3.05, 3.63) is 212 Å². The van der Waals surface area contributed by atoms with E-state index in [-0.39, 0.29) is 0 Å². The molecule has 0 fully saturated rings. The van der Waals surface area contributed by atoms with E-state index in [1.165, 1.54) is 0 Å². The number of hydrogen-bond donors (Lipinski definition) is 0. The second-order valence-corrected chi connectivity index (χ2v) is 16.0. The van der Waals surface area contributed by atoms with Gasteiger partial charge >= 0.3 is 0 Å². The molecule has 0 aliphatic heterocycles. The van der Waals surface area contributed by atoms with Crippen molar-refractivity contribution in [1.82, 2.24) is 24.1 Å². The Morgan fingerprint density at radius 1 is 0.333 bits per heavy atom. The van der Waals surface area contributed by atoms with Crippen molar-refractivity contribution in [3.63, 3.8) is 0 Å². The van der Waals surface area contributed by atoms with Crippen LogP contribution in [0, 0.1) is 0 Å². The van der Waals surface area contributed by atoms with Gasteiger partial charge in [-0.1, -0.05) is 176 Å². The van der Waals surface area contributed by atoms with Crippen LogP contribution in [-0.2, 0) is 0 Å². The molecule has 4 aromatic heterocycles. The van der Waals surface area contributed by atoms with Crippen LogP contribution in [0.2, 0.25) is 0 Å². The molecule has 0 bridgehead atoms. The van der Waals surface area contributed by atoms with Crippen molar-refractivity contribution in [2.75, 3.05) is 0 Å². The molecule has 0 atom stereocenters. The SMILES string of the molecule is c1ccc(-c2cccc(-c3nc(-c4ccccc4)nc(-n4c5ccccc5c5ccc6c7ccccc7n(-c7cc(-c8ccccc8)c8oc9ccccc9c8c7)c6c54)n3)c2)cc1. The normalized spacial score (nSPS) is 11.8. The molecule has 0 amide bonds. The van der Waals surface area contributed by atoms with E-state index in [0.29, 0.717) is 17.6 Å². The van der Waals surface area contributed by atoms with Gasteiger partial charge < -0.3 is 8.98 Å². The predicted octanol–water partition coefficient (Wildman–Crippen LogP) is 14.6. The van der Waals surface area contributed by atoms with Gasteiger partial charge in [0.1, 0.15) is 11.2 Å². The van der Waals surface area contributed by atoms with E-state index >= 15 is 0 Å². The summed E-state index contributed by atoms with van der Waals surface area (Å²) in [4.78, 5) is 15.9. The summed E-state index contributed by atoms with van der Waals surface area (Å²) in [5.41, 5.74) is 13.1. The first kappa shape index (κ1) is 35.2. The lowest BCUT2D eigenvalue weighted by atomic mass is 10.0. The molecule has 0 spiro atoms. The molecule has 0 radical (unpaired) electrons. The van der Waals surface area contributed by atoms with Gasteiger partial charge in [-0.15, -0.1) is 0 Å². The molecule has 6 nitrogen and oxygen atoms in total. The topological polar surface area (TPSA) is 61.7 Å². The molecular formula is C57H35N5O. The first-order chi connectivity index (χ1) is 31.2. The van der Waals surface area contributed by atoms with Crippen molar-refractivity contribution in [1.29, 1.82) is 0 Å². The van der Waals surface area contributed by atoms with Crippen LogP contribution in [0.4, 0.5) is 0 Å². The molecular weight excluding hydrogens is 771 g/mol. The van der Waals surface area contributed by atoms with Crippen LogP contribution in [0.25, 0.3) is 122 Å². The smallest absolute Gasteiger partial charge is 0.238 e. The van der Waals surface area contributed by atoms with Crippen LogP contribution in [-0.4, -0.2) is 24.1 Å². The predicted molar refractivity (Wildman–Crippen MR) is 258 cm³/mol. The van der Waals surface area contributed by atoms with E-state index < -0.39 is 0 Å². The van der Waals surface area contributed by atoms with E-state index in [2.05, 4.69) is 191 Å². The summed E-state index contributed by atoms with van der Waals surface area (Å²) in [6, 6.07) is 74.4. The molecule has 0 saturated heterocycles. The molecule has 13 aromatic rings. The van der Waals surface area contributed by atoms with Gasteiger partial charge in [0, 0.05) is 54.7 Å². The highest BCUT2D eigenvalue weighted by Gasteiger charge is 2.25. The summed E-state index contributed by atoms with van der Waals surface area (Å²) in [5.74, 6) is 1.74. The maximum Gasteiger partial charge on any atom is 0.238 e. The fraction of sp³-hybridized carbons (Fsp3) is 0. The van der Waals surface area contributed by atoms with Crippen LogP contribution in [0.3, 0.4) is 0 Å². The Hall–Kier alpha value is -8.61. The fourth-order valence-electron chi connectivity index (χ4n) is 9.53. The zero-order valence-electron chi connectivity index (χ0n) is 33.9. The number of rotatable bonds is 6. The third-order valence-electron chi connectivity index (χ3n) is 12.4. The van der Waals surface area contributed by atoms with Crippen molar-refractivity contribution >= 4 is 65.6 Å². The lowest BCUT2D eigenvalue weighted by Crippen LogP contribution is -2.07. The van der Waals surface area contributed by atoms with Gasteiger partial charge in [-0.05, 0) is 53.1 Å². The third-order valence-corrected chi connectivity index (χ3v) is 12.4. The Balaban J connectivity index is 1.16. The van der Waals surface area contributed by atoms with Gasteiger partial charge in [0.2, 0.25) is 5.95 Å². The average Bonchev–Trinajstić information content (AvgIpc) is 4.02. The van der Waals surface area contributed by atoms with Gasteiger partial charge in [0.25, 0.3) is 0 Å². The lowest BCUT2D eigenvalue weighted by Gasteiger charge is -2.14. The summed E-state index contributed by atoms with van der Waals surface area (Å²) < 4.78 is 11.3. The van der Waals surface area contributed by atoms with Gasteiger partial charge in [-0.25, -0.2) is 4.98 Å². The number of benzene rings is 9. The van der Waals surface area contributed by atoms with E-state index in [9.17, 15) is 0 Å². The number of nitrogens with zero attached hydrogens (tertiary/aromatic N) is 5. The van der Waals surface area contributed by atoms with Crippen molar-refractivity contribution in [2.24, 2.45) is 0 Å². The Morgan fingerprint density at radius 3 is 1.56 bits per heavy atom. The molecule has 0 saturated carbocycles. The van der Waals surface area contributed by atoms with Crippen LogP contribution in [0.1, 0.15) is 0 Å². The van der Waals surface area contributed by atoms with Crippen molar-refractivity contribution in [3.8, 4) is 56.7 Å². The zero-order chi connectivity index (χ0) is 41.4. The third kappa shape index (κ3) is 5.55. The largest absolute Gasteiger partial charge is 0.455 e. The van der Waals surface area contributed by atoms with Gasteiger partial charge in [0.15, 0.2) is 11.6 Å². The first-order valence-electron chi connectivity index (χ1n) is 21.2. The van der Waals surface area contributed by atoms with Gasteiger partial charge in [0.05, 0.1) is 22.1 Å². The van der Waals surface area contributed by atoms with Gasteiger partial charge in [-0.3, -0.25) is 4.57 Å². The number of furan rings is 1. The first-order valence-corrected chi connectivity index (χ1v) is 21.2. The maximum atomic E-state index is 6.66. The summed E-state index contributed by atoms with van der Waals surface area (Å²) in [7, 11) is 0. The van der Waals surface area contributed by atoms with Crippen molar-refractivity contribution in [2.45, 2.75) is 0 Å². The molecule has 0 N–H and O–H groups in total. The monoisotopic (exact) mass is 805 g/mol. The molecule has 294 valence electrons. The molecule has 9 aromatic carbocycles. The highest BCUT2D eigenvalue weighted by Crippen LogP contribution is 2.44. The van der Waals surface area contributed by atoms with E-state index in [4.69, 9.17) is 19.4 Å². The number of para-hydroxylation sites is 3. The van der Waals surface area contributed by atoms with E-state index in [1.807, 2.05) is 30.3 Å². The van der Waals surface area contributed by atoms with E-state index in [1.54, 1.807) is 0 Å². The second kappa shape index (κ2) is 14.0. The summed E-state index contributed by atoms with van der Waals surface area (Å²) in [6.45, 7) is 0. The van der Waals surface area contributed by atoms with Crippen LogP contribution in [0.5, 0.6) is 0 Å². The van der Waals surface area contributed by atoms with Crippen molar-refractivity contribution < 1.29 is 4.42 Å². The highest BCUT2D eigenvalue weighted by atomic mass is 16.3. The number of hydrogen-bond acceptors (Lipinski definition) is 4. The quantitative estimate of drug-likeness (QED) is 0.168. The Morgan fingerprint density at radius 2 is 0.857 bits per heavy atom. The summed E-state index contributed by atoms with van der Waals surface area (Å²) >= 11 is 0.